The fourth-order valence-corrected chi connectivity index (χ4v) is 2.31. The number of hydrogen-bond acceptors (Lipinski definition) is 5. The molecule has 2 aromatic rings. The molecule has 0 fully saturated rings. The fraction of sp³-hybridized carbons (Fsp3) is 0.308. The third-order valence-electron chi connectivity index (χ3n) is 2.74. The van der Waals surface area contributed by atoms with Crippen LogP contribution in [0.1, 0.15) is 5.56 Å². The van der Waals surface area contributed by atoms with Gasteiger partial charge in [-0.25, -0.2) is 12.8 Å². The Bertz CT molecular complexity index is 790. The zero-order chi connectivity index (χ0) is 16.9. The van der Waals surface area contributed by atoms with Crippen molar-refractivity contribution in [2.75, 3.05) is 17.5 Å². The highest BCUT2D eigenvalue weighted by molar-refractivity contribution is 7.92. The molecule has 0 radical (unpaired) electrons. The molecule has 0 aliphatic carbocycles. The largest absolute Gasteiger partial charge is 0.354 e. The lowest BCUT2D eigenvalue weighted by Crippen LogP contribution is -2.30. The van der Waals surface area contributed by atoms with Crippen LogP contribution in [0.15, 0.2) is 30.5 Å². The zero-order valence-electron chi connectivity index (χ0n) is 12.4. The molecule has 1 aromatic heterocycles. The molecule has 23 heavy (non-hydrogen) atoms. The van der Waals surface area contributed by atoms with Crippen molar-refractivity contribution in [1.29, 1.82) is 0 Å². The van der Waals surface area contributed by atoms with Gasteiger partial charge in [-0.3, -0.25) is 9.52 Å². The van der Waals surface area contributed by atoms with E-state index in [1.165, 1.54) is 18.3 Å². The lowest BCUT2D eigenvalue weighted by Gasteiger charge is -2.05. The molecule has 0 saturated heterocycles. The molecule has 0 aliphatic rings. The van der Waals surface area contributed by atoms with Crippen LogP contribution in [0.3, 0.4) is 0 Å². The molecule has 2 N–H and O–H groups in total. The van der Waals surface area contributed by atoms with Gasteiger partial charge < -0.3 is 5.32 Å². The van der Waals surface area contributed by atoms with Crippen LogP contribution in [-0.2, 0) is 27.8 Å². The Labute approximate surface area is 132 Å². The van der Waals surface area contributed by atoms with Crippen LogP contribution in [-0.4, -0.2) is 42.1 Å². The number of sulfonamides is 1. The molecule has 0 spiro atoms. The summed E-state index contributed by atoms with van der Waals surface area (Å²) in [5.41, 5.74) is 0.780. The van der Waals surface area contributed by atoms with E-state index in [0.29, 0.717) is 13.0 Å². The van der Waals surface area contributed by atoms with Gasteiger partial charge in [0, 0.05) is 6.54 Å². The Morgan fingerprint density at radius 2 is 2.17 bits per heavy atom. The van der Waals surface area contributed by atoms with E-state index in [0.717, 1.165) is 16.6 Å². The maximum absolute atomic E-state index is 13.0. The zero-order valence-corrected chi connectivity index (χ0v) is 13.2. The van der Waals surface area contributed by atoms with Gasteiger partial charge in [0.25, 0.3) is 0 Å². The van der Waals surface area contributed by atoms with Gasteiger partial charge >= 0.3 is 0 Å². The minimum Gasteiger partial charge on any atom is -0.354 e. The van der Waals surface area contributed by atoms with Gasteiger partial charge in [-0.05, 0) is 24.1 Å². The Morgan fingerprint density at radius 3 is 2.87 bits per heavy atom. The standard InChI is InChI=1S/C13H16FN5O3S/c1-23(21,22)18-12-8-16-19(17-12)9-13(20)15-6-5-10-3-2-4-11(14)7-10/h2-4,7-8H,5-6,9H2,1H3,(H,15,20)(H,17,18). The number of nitrogens with zero attached hydrogens (tertiary/aromatic N) is 3. The highest BCUT2D eigenvalue weighted by Crippen LogP contribution is 2.03. The molecular weight excluding hydrogens is 325 g/mol. The molecule has 0 saturated carbocycles. The first kappa shape index (κ1) is 16.9. The molecule has 1 aromatic carbocycles. The Kier molecular flexibility index (Phi) is 5.27. The summed E-state index contributed by atoms with van der Waals surface area (Å²) in [6.45, 7) is 0.201. The van der Waals surface area contributed by atoms with Crippen LogP contribution in [0.4, 0.5) is 10.2 Å². The number of hydrogen-bond donors (Lipinski definition) is 2. The minimum absolute atomic E-state index is 0.0417. The maximum Gasteiger partial charge on any atom is 0.243 e. The van der Waals surface area contributed by atoms with Gasteiger partial charge in [-0.1, -0.05) is 12.1 Å². The molecule has 2 rings (SSSR count). The number of anilines is 1. The normalized spacial score (nSPS) is 11.2. The number of aromatic nitrogens is 3. The first-order chi connectivity index (χ1) is 10.8. The van der Waals surface area contributed by atoms with Crippen molar-refractivity contribution in [1.82, 2.24) is 20.3 Å². The summed E-state index contributed by atoms with van der Waals surface area (Å²) >= 11 is 0. The number of nitrogens with one attached hydrogen (secondary N) is 2. The molecule has 0 unspecified atom stereocenters. The average Bonchev–Trinajstić information content (AvgIpc) is 2.83. The van der Waals surface area contributed by atoms with E-state index in [1.54, 1.807) is 12.1 Å². The molecule has 8 nitrogen and oxygen atoms in total. The predicted molar refractivity (Wildman–Crippen MR) is 81.6 cm³/mol. The molecule has 0 aliphatic heterocycles. The summed E-state index contributed by atoms with van der Waals surface area (Å²) in [6.07, 6.45) is 2.70. The molecule has 124 valence electrons. The monoisotopic (exact) mass is 341 g/mol. The topological polar surface area (TPSA) is 106 Å². The van der Waals surface area contributed by atoms with Gasteiger partial charge in [-0.2, -0.15) is 9.90 Å². The molecule has 10 heteroatoms. The molecule has 1 heterocycles. The van der Waals surface area contributed by atoms with E-state index in [2.05, 4.69) is 20.2 Å². The smallest absolute Gasteiger partial charge is 0.243 e. The van der Waals surface area contributed by atoms with Gasteiger partial charge in [-0.15, -0.1) is 5.10 Å². The molecule has 0 bridgehead atoms. The van der Waals surface area contributed by atoms with E-state index < -0.39 is 10.0 Å². The van der Waals surface area contributed by atoms with Crippen LogP contribution < -0.4 is 10.0 Å². The second-order valence-corrected chi connectivity index (χ2v) is 6.61. The van der Waals surface area contributed by atoms with Crippen molar-refractivity contribution < 1.29 is 17.6 Å². The number of halogens is 1. The Morgan fingerprint density at radius 1 is 1.39 bits per heavy atom. The second kappa shape index (κ2) is 7.18. The lowest BCUT2D eigenvalue weighted by molar-refractivity contribution is -0.122. The number of carbonyl (C=O) groups is 1. The third-order valence-corrected chi connectivity index (χ3v) is 3.32. The van der Waals surface area contributed by atoms with Crippen LogP contribution in [0, 0.1) is 5.82 Å². The maximum atomic E-state index is 13.0. The third kappa shape index (κ3) is 6.02. The van der Waals surface area contributed by atoms with E-state index in [9.17, 15) is 17.6 Å². The quantitative estimate of drug-likeness (QED) is 0.745. The Balaban J connectivity index is 1.79. The molecular formula is C13H16FN5O3S. The predicted octanol–water partition coefficient (Wildman–Crippen LogP) is 0.148. The number of amides is 1. The van der Waals surface area contributed by atoms with Crippen LogP contribution in [0.2, 0.25) is 0 Å². The molecule has 1 amide bonds. The van der Waals surface area contributed by atoms with Crippen molar-refractivity contribution in [3.8, 4) is 0 Å². The number of benzene rings is 1. The summed E-state index contributed by atoms with van der Waals surface area (Å²) in [5, 5.41) is 10.3. The summed E-state index contributed by atoms with van der Waals surface area (Å²) in [4.78, 5) is 12.8. The van der Waals surface area contributed by atoms with E-state index in [1.807, 2.05) is 0 Å². The van der Waals surface area contributed by atoms with Crippen molar-refractivity contribution in [3.05, 3.63) is 41.8 Å². The number of carbonyl (C=O) groups excluding carboxylic acids is 1. The van der Waals surface area contributed by atoms with Crippen molar-refractivity contribution in [2.45, 2.75) is 13.0 Å². The first-order valence-corrected chi connectivity index (χ1v) is 8.60. The fourth-order valence-electron chi connectivity index (χ4n) is 1.83. The molecule has 0 atom stereocenters. The van der Waals surface area contributed by atoms with Gasteiger partial charge in [0.15, 0.2) is 5.82 Å². The van der Waals surface area contributed by atoms with Gasteiger partial charge in [0.2, 0.25) is 15.9 Å². The van der Waals surface area contributed by atoms with E-state index in [4.69, 9.17) is 0 Å². The van der Waals surface area contributed by atoms with Gasteiger partial charge in [0.05, 0.1) is 12.5 Å². The summed E-state index contributed by atoms with van der Waals surface area (Å²) in [6, 6.07) is 6.14. The lowest BCUT2D eigenvalue weighted by atomic mass is 10.1. The average molecular weight is 341 g/mol. The van der Waals surface area contributed by atoms with Crippen molar-refractivity contribution in [3.63, 3.8) is 0 Å². The highest BCUT2D eigenvalue weighted by atomic mass is 32.2. The summed E-state index contributed by atoms with van der Waals surface area (Å²) in [5.74, 6) is -0.608. The number of rotatable bonds is 7. The van der Waals surface area contributed by atoms with Gasteiger partial charge in [0.1, 0.15) is 12.4 Å². The second-order valence-electron chi connectivity index (χ2n) is 4.86. The van der Waals surface area contributed by atoms with E-state index in [-0.39, 0.29) is 24.1 Å². The van der Waals surface area contributed by atoms with E-state index >= 15 is 0 Å². The van der Waals surface area contributed by atoms with Crippen LogP contribution in [0.5, 0.6) is 0 Å². The van der Waals surface area contributed by atoms with Crippen LogP contribution in [0.25, 0.3) is 0 Å². The van der Waals surface area contributed by atoms with Crippen LogP contribution >= 0.6 is 0 Å². The SMILES string of the molecule is CS(=O)(=O)Nc1cnn(CC(=O)NCCc2cccc(F)c2)n1. The highest BCUT2D eigenvalue weighted by Gasteiger charge is 2.09. The van der Waals surface area contributed by atoms with Crippen molar-refractivity contribution in [2.24, 2.45) is 0 Å². The summed E-state index contributed by atoms with van der Waals surface area (Å²) in [7, 11) is -3.44. The summed E-state index contributed by atoms with van der Waals surface area (Å²) < 4.78 is 37.2. The minimum atomic E-state index is -3.44. The first-order valence-electron chi connectivity index (χ1n) is 6.71. The Hall–Kier alpha value is -2.49. The van der Waals surface area contributed by atoms with Crippen molar-refractivity contribution >= 4 is 21.7 Å².